The van der Waals surface area contributed by atoms with E-state index in [2.05, 4.69) is 53.1 Å². The highest BCUT2D eigenvalue weighted by molar-refractivity contribution is 14.1. The molecule has 3 aliphatic rings. The number of rotatable bonds is 1. The van der Waals surface area contributed by atoms with Gasteiger partial charge in [0.25, 0.3) is 0 Å². The zero-order valence-corrected chi connectivity index (χ0v) is 15.2. The van der Waals surface area contributed by atoms with Crippen LogP contribution in [0.15, 0.2) is 23.8 Å². The Morgan fingerprint density at radius 3 is 2.95 bits per heavy atom. The van der Waals surface area contributed by atoms with E-state index in [1.165, 1.54) is 44.1 Å². The Morgan fingerprint density at radius 2 is 2.14 bits per heavy atom. The lowest BCUT2D eigenvalue weighted by Gasteiger charge is -2.48. The fourth-order valence-corrected chi connectivity index (χ4v) is 6.65. The van der Waals surface area contributed by atoms with Crippen molar-refractivity contribution < 1.29 is 5.11 Å². The van der Waals surface area contributed by atoms with Crippen LogP contribution < -0.4 is 5.32 Å². The first kappa shape index (κ1) is 16.0. The Balaban J connectivity index is 2.01. The van der Waals surface area contributed by atoms with Crippen LogP contribution in [0.2, 0.25) is 0 Å². The molecule has 1 aliphatic heterocycles. The Hall–Kier alpha value is 0.130. The van der Waals surface area contributed by atoms with Gasteiger partial charge in [0.1, 0.15) is 0 Å². The summed E-state index contributed by atoms with van der Waals surface area (Å²) in [6.07, 6.45) is 14.6. The van der Waals surface area contributed by atoms with Gasteiger partial charge in [-0.15, -0.1) is 0 Å². The second kappa shape index (κ2) is 6.71. The lowest BCUT2D eigenvalue weighted by molar-refractivity contribution is 0.0368. The number of fused-ring (bicyclic) bond motifs is 3. The predicted molar refractivity (Wildman–Crippen MR) is 96.7 cm³/mol. The second-order valence-electron chi connectivity index (χ2n) is 7.31. The third kappa shape index (κ3) is 2.98. The second-order valence-corrected chi connectivity index (χ2v) is 8.75. The van der Waals surface area contributed by atoms with Crippen LogP contribution in [-0.4, -0.2) is 28.2 Å². The van der Waals surface area contributed by atoms with Crippen LogP contribution in [0.5, 0.6) is 0 Å². The number of alkyl halides is 1. The van der Waals surface area contributed by atoms with E-state index >= 15 is 0 Å². The number of hydrogen-bond donors (Lipinski definition) is 2. The van der Waals surface area contributed by atoms with Crippen molar-refractivity contribution in [2.75, 3.05) is 13.2 Å². The molecule has 1 heterocycles. The summed E-state index contributed by atoms with van der Waals surface area (Å²) < 4.78 is 0.710. The van der Waals surface area contributed by atoms with E-state index in [1.54, 1.807) is 0 Å². The molecule has 0 radical (unpaired) electrons. The highest BCUT2D eigenvalue weighted by atomic mass is 127. The van der Waals surface area contributed by atoms with Gasteiger partial charge in [0.2, 0.25) is 0 Å². The maximum atomic E-state index is 10.3. The van der Waals surface area contributed by atoms with Crippen molar-refractivity contribution in [2.45, 2.75) is 55.4 Å². The summed E-state index contributed by atoms with van der Waals surface area (Å²) >= 11 is 2.71. The van der Waals surface area contributed by atoms with Crippen LogP contribution in [-0.2, 0) is 0 Å². The maximum Gasteiger partial charge on any atom is 0.0505 e. The van der Waals surface area contributed by atoms with Crippen LogP contribution in [0, 0.1) is 17.3 Å². The molecule has 2 N–H and O–H groups in total. The Bertz CT molecular complexity index is 433. The molecule has 0 spiro atoms. The van der Waals surface area contributed by atoms with Crippen molar-refractivity contribution in [3.8, 4) is 0 Å². The Labute approximate surface area is 142 Å². The molecule has 2 fully saturated rings. The molecule has 0 saturated heterocycles. The van der Waals surface area contributed by atoms with Crippen molar-refractivity contribution in [1.29, 1.82) is 0 Å². The number of aliphatic hydroxyl groups is 1. The van der Waals surface area contributed by atoms with Crippen LogP contribution in [0.25, 0.3) is 0 Å². The number of aliphatic hydroxyl groups excluding tert-OH is 1. The lowest BCUT2D eigenvalue weighted by atomic mass is 9.63. The van der Waals surface area contributed by atoms with E-state index in [-0.39, 0.29) is 5.41 Å². The molecule has 2 aliphatic carbocycles. The molecule has 3 rings (SSSR count). The molecule has 0 aromatic carbocycles. The summed E-state index contributed by atoms with van der Waals surface area (Å²) in [5.41, 5.74) is 1.48. The van der Waals surface area contributed by atoms with Crippen molar-refractivity contribution in [3.63, 3.8) is 0 Å². The van der Waals surface area contributed by atoms with E-state index < -0.39 is 0 Å². The number of hydrogen-bond acceptors (Lipinski definition) is 2. The topological polar surface area (TPSA) is 32.3 Å². The van der Waals surface area contributed by atoms with Gasteiger partial charge in [0.15, 0.2) is 0 Å². The van der Waals surface area contributed by atoms with Gasteiger partial charge >= 0.3 is 0 Å². The van der Waals surface area contributed by atoms with Gasteiger partial charge in [-0.1, -0.05) is 66.2 Å². The van der Waals surface area contributed by atoms with E-state index in [9.17, 15) is 5.11 Å². The van der Waals surface area contributed by atoms with Crippen molar-refractivity contribution >= 4 is 22.6 Å². The minimum atomic E-state index is -0.0350. The largest absolute Gasteiger partial charge is 0.396 e. The smallest absolute Gasteiger partial charge is 0.0505 e. The third-order valence-electron chi connectivity index (χ3n) is 6.08. The molecular formula is C18H28INO. The minimum Gasteiger partial charge on any atom is -0.396 e. The number of nitrogens with one attached hydrogen (secondary N) is 1. The van der Waals surface area contributed by atoms with Crippen molar-refractivity contribution in [1.82, 2.24) is 5.32 Å². The molecule has 2 saturated carbocycles. The standard InChI is InChI=1S/C18H28INO/c1-18(12-21)15-8-3-2-6-13(16(15)19)9-10-14-7-4-5-11-20-17(14)18/h4-5,7,13,15-17,20-21H,2-3,6,8-12H2,1H3. The fraction of sp³-hybridized carbons (Fsp3) is 0.778. The van der Waals surface area contributed by atoms with Gasteiger partial charge in [-0.25, -0.2) is 0 Å². The average Bonchev–Trinajstić information content (AvgIpc) is 2.83. The summed E-state index contributed by atoms with van der Waals surface area (Å²) in [6, 6.07) is 0.332. The van der Waals surface area contributed by atoms with Crippen LogP contribution >= 0.6 is 22.6 Å². The quantitative estimate of drug-likeness (QED) is 0.517. The highest BCUT2D eigenvalue weighted by Crippen LogP contribution is 2.50. The van der Waals surface area contributed by atoms with Crippen LogP contribution in [0.1, 0.15) is 45.4 Å². The van der Waals surface area contributed by atoms with Crippen LogP contribution in [0.4, 0.5) is 0 Å². The van der Waals surface area contributed by atoms with Gasteiger partial charge < -0.3 is 10.4 Å². The molecule has 2 bridgehead atoms. The highest BCUT2D eigenvalue weighted by Gasteiger charge is 2.48. The molecule has 5 unspecified atom stereocenters. The van der Waals surface area contributed by atoms with Crippen LogP contribution in [0.3, 0.4) is 0 Å². The summed E-state index contributed by atoms with van der Waals surface area (Å²) in [7, 11) is 0. The van der Waals surface area contributed by atoms with Gasteiger partial charge in [0.05, 0.1) is 6.61 Å². The zero-order valence-electron chi connectivity index (χ0n) is 13.0. The molecular weight excluding hydrogens is 373 g/mol. The minimum absolute atomic E-state index is 0.0350. The first-order valence-electron chi connectivity index (χ1n) is 8.50. The SMILES string of the molecule is CC1(CO)C2NCC=CC=C2CCC2CCCCC1C2I. The van der Waals surface area contributed by atoms with Gasteiger partial charge in [0, 0.05) is 21.9 Å². The molecule has 21 heavy (non-hydrogen) atoms. The van der Waals surface area contributed by atoms with Gasteiger partial charge in [-0.2, -0.15) is 0 Å². The monoisotopic (exact) mass is 401 g/mol. The van der Waals surface area contributed by atoms with Gasteiger partial charge in [-0.05, 0) is 37.5 Å². The fourth-order valence-electron chi connectivity index (χ4n) is 4.75. The first-order chi connectivity index (χ1) is 10.2. The molecule has 0 aromatic heterocycles. The molecule has 2 nitrogen and oxygen atoms in total. The van der Waals surface area contributed by atoms with E-state index in [4.69, 9.17) is 0 Å². The number of halogens is 1. The lowest BCUT2D eigenvalue weighted by Crippen LogP contribution is -2.54. The van der Waals surface area contributed by atoms with E-state index in [0.29, 0.717) is 22.5 Å². The Morgan fingerprint density at radius 1 is 1.33 bits per heavy atom. The summed E-state index contributed by atoms with van der Waals surface area (Å²) in [4.78, 5) is 0. The van der Waals surface area contributed by atoms with E-state index in [0.717, 1.165) is 12.5 Å². The summed E-state index contributed by atoms with van der Waals surface area (Å²) in [5, 5.41) is 14.0. The molecule has 0 aromatic rings. The number of allylic oxidation sites excluding steroid dienone is 2. The van der Waals surface area contributed by atoms with Crippen molar-refractivity contribution in [3.05, 3.63) is 23.8 Å². The molecule has 3 heteroatoms. The normalized spacial score (nSPS) is 43.9. The summed E-state index contributed by atoms with van der Waals surface area (Å²) in [5.74, 6) is 1.45. The zero-order chi connectivity index (χ0) is 14.9. The first-order valence-corrected chi connectivity index (χ1v) is 9.75. The molecule has 118 valence electrons. The molecule has 0 amide bonds. The van der Waals surface area contributed by atoms with Gasteiger partial charge in [-0.3, -0.25) is 0 Å². The third-order valence-corrected chi connectivity index (χ3v) is 7.97. The van der Waals surface area contributed by atoms with E-state index in [1.807, 2.05) is 0 Å². The summed E-state index contributed by atoms with van der Waals surface area (Å²) in [6.45, 7) is 3.54. The molecule has 5 atom stereocenters. The average molecular weight is 401 g/mol. The Kier molecular flexibility index (Phi) is 5.12. The van der Waals surface area contributed by atoms with Crippen molar-refractivity contribution in [2.24, 2.45) is 17.3 Å². The maximum absolute atomic E-state index is 10.3. The predicted octanol–water partition coefficient (Wildman–Crippen LogP) is 3.84.